The smallest absolute Gasteiger partial charge is 0.252 e. The second-order valence-corrected chi connectivity index (χ2v) is 8.04. The zero-order valence-electron chi connectivity index (χ0n) is 16.5. The number of carbonyl (C=O) groups excluding carboxylic acids is 2. The number of anilines is 1. The Morgan fingerprint density at radius 2 is 1.93 bits per heavy atom. The van der Waals surface area contributed by atoms with Crippen molar-refractivity contribution >= 4 is 17.5 Å². The number of benzene rings is 1. The highest BCUT2D eigenvalue weighted by Crippen LogP contribution is 2.40. The van der Waals surface area contributed by atoms with E-state index >= 15 is 0 Å². The number of hydrogen-bond acceptors (Lipinski definition) is 3. The van der Waals surface area contributed by atoms with Crippen molar-refractivity contribution in [3.63, 3.8) is 0 Å². The summed E-state index contributed by atoms with van der Waals surface area (Å²) >= 11 is 0. The predicted octanol–water partition coefficient (Wildman–Crippen LogP) is 3.23. The molecule has 2 fully saturated rings. The molecule has 148 valence electrons. The number of aryl methyl sites for hydroxylation is 2. The molecule has 2 saturated heterocycles. The zero-order chi connectivity index (χ0) is 19.6. The molecular formula is C22H28N4O2. The van der Waals surface area contributed by atoms with Gasteiger partial charge in [0.2, 0.25) is 5.91 Å². The minimum absolute atomic E-state index is 0.100. The molecule has 2 aliphatic heterocycles. The number of amides is 2. The van der Waals surface area contributed by atoms with Crippen LogP contribution in [-0.4, -0.2) is 45.5 Å². The Morgan fingerprint density at radius 1 is 1.18 bits per heavy atom. The molecule has 6 heteroatoms. The van der Waals surface area contributed by atoms with Crippen LogP contribution < -0.4 is 4.90 Å². The quantitative estimate of drug-likeness (QED) is 0.866. The van der Waals surface area contributed by atoms with Gasteiger partial charge < -0.3 is 9.80 Å². The summed E-state index contributed by atoms with van der Waals surface area (Å²) in [7, 11) is 0. The molecule has 0 radical (unpaired) electrons. The van der Waals surface area contributed by atoms with Crippen LogP contribution in [0.15, 0.2) is 36.7 Å². The summed E-state index contributed by atoms with van der Waals surface area (Å²) in [5.41, 5.74) is 2.59. The summed E-state index contributed by atoms with van der Waals surface area (Å²) < 4.78 is 0. The van der Waals surface area contributed by atoms with Crippen molar-refractivity contribution < 1.29 is 9.59 Å². The molecule has 0 bridgehead atoms. The van der Waals surface area contributed by atoms with Crippen LogP contribution in [-0.2, 0) is 16.0 Å². The first-order chi connectivity index (χ1) is 13.6. The number of nitrogens with one attached hydrogen (secondary N) is 1. The normalized spacial score (nSPS) is 22.2. The average molecular weight is 380 g/mol. The summed E-state index contributed by atoms with van der Waals surface area (Å²) in [6.07, 6.45) is 9.14. The van der Waals surface area contributed by atoms with E-state index in [9.17, 15) is 9.59 Å². The number of piperidine rings is 1. The Bertz CT molecular complexity index is 831. The molecule has 1 atom stereocenters. The molecule has 1 N–H and O–H groups in total. The summed E-state index contributed by atoms with van der Waals surface area (Å²) in [6.45, 7) is 3.47. The van der Waals surface area contributed by atoms with Crippen molar-refractivity contribution in [1.29, 1.82) is 0 Å². The van der Waals surface area contributed by atoms with Crippen LogP contribution >= 0.6 is 0 Å². The fraction of sp³-hybridized carbons (Fsp3) is 0.500. The number of aromatic nitrogens is 2. The SMILES string of the molecule is Cc1ccc(N2CCCC3(CCCN3C(=O)CCCc3cn[nH]c3)C2=O)cc1. The van der Waals surface area contributed by atoms with Crippen molar-refractivity contribution in [1.82, 2.24) is 15.1 Å². The van der Waals surface area contributed by atoms with Gasteiger partial charge in [0.05, 0.1) is 6.20 Å². The highest BCUT2D eigenvalue weighted by Gasteiger charge is 2.52. The monoisotopic (exact) mass is 380 g/mol. The third kappa shape index (κ3) is 3.43. The predicted molar refractivity (Wildman–Crippen MR) is 108 cm³/mol. The van der Waals surface area contributed by atoms with Crippen molar-refractivity contribution in [2.45, 2.75) is 57.4 Å². The fourth-order valence-electron chi connectivity index (χ4n) is 4.68. The van der Waals surface area contributed by atoms with Gasteiger partial charge in [-0.05, 0) is 63.1 Å². The van der Waals surface area contributed by atoms with Crippen molar-refractivity contribution in [2.75, 3.05) is 18.0 Å². The number of carbonyl (C=O) groups is 2. The number of H-pyrrole nitrogens is 1. The first-order valence-electron chi connectivity index (χ1n) is 10.3. The molecule has 28 heavy (non-hydrogen) atoms. The number of likely N-dealkylation sites (tertiary alicyclic amines) is 1. The average Bonchev–Trinajstić information content (AvgIpc) is 3.35. The van der Waals surface area contributed by atoms with Gasteiger partial charge in [0.1, 0.15) is 5.54 Å². The Morgan fingerprint density at radius 3 is 2.64 bits per heavy atom. The highest BCUT2D eigenvalue weighted by molar-refractivity contribution is 6.03. The third-order valence-corrected chi connectivity index (χ3v) is 6.16. The number of hydrogen-bond donors (Lipinski definition) is 1. The van der Waals surface area contributed by atoms with Gasteiger partial charge in [-0.15, -0.1) is 0 Å². The van der Waals surface area contributed by atoms with Crippen LogP contribution in [0.1, 0.15) is 49.7 Å². The molecule has 0 saturated carbocycles. The van der Waals surface area contributed by atoms with Gasteiger partial charge in [-0.1, -0.05) is 17.7 Å². The lowest BCUT2D eigenvalue weighted by Crippen LogP contribution is -2.61. The van der Waals surface area contributed by atoms with Gasteiger partial charge >= 0.3 is 0 Å². The van der Waals surface area contributed by atoms with E-state index in [1.807, 2.05) is 47.2 Å². The Balaban J connectivity index is 1.47. The lowest BCUT2D eigenvalue weighted by molar-refractivity contribution is -0.145. The minimum atomic E-state index is -0.643. The Kier molecular flexibility index (Phi) is 5.20. The third-order valence-electron chi connectivity index (χ3n) is 6.16. The van der Waals surface area contributed by atoms with Crippen molar-refractivity contribution in [2.24, 2.45) is 0 Å². The molecule has 2 amide bonds. The van der Waals surface area contributed by atoms with E-state index in [1.54, 1.807) is 6.20 Å². The largest absolute Gasteiger partial charge is 0.328 e. The van der Waals surface area contributed by atoms with E-state index in [-0.39, 0.29) is 11.8 Å². The molecule has 1 spiro atoms. The first kappa shape index (κ1) is 18.7. The molecule has 1 aromatic carbocycles. The maximum atomic E-state index is 13.5. The van der Waals surface area contributed by atoms with E-state index < -0.39 is 5.54 Å². The summed E-state index contributed by atoms with van der Waals surface area (Å²) in [5, 5.41) is 6.75. The molecule has 3 heterocycles. The van der Waals surface area contributed by atoms with Gasteiger partial charge in [0.15, 0.2) is 0 Å². The second-order valence-electron chi connectivity index (χ2n) is 8.04. The molecule has 2 aliphatic rings. The molecule has 1 unspecified atom stereocenters. The fourth-order valence-corrected chi connectivity index (χ4v) is 4.68. The van der Waals surface area contributed by atoms with Crippen LogP contribution in [0.25, 0.3) is 0 Å². The van der Waals surface area contributed by atoms with E-state index in [0.29, 0.717) is 13.0 Å². The lowest BCUT2D eigenvalue weighted by atomic mass is 9.84. The number of nitrogens with zero attached hydrogens (tertiary/aromatic N) is 3. The number of rotatable bonds is 5. The maximum absolute atomic E-state index is 13.5. The van der Waals surface area contributed by atoms with E-state index in [1.165, 1.54) is 5.56 Å². The van der Waals surface area contributed by atoms with Crippen molar-refractivity contribution in [3.8, 4) is 0 Å². The van der Waals surface area contributed by atoms with Gasteiger partial charge in [-0.3, -0.25) is 14.7 Å². The van der Waals surface area contributed by atoms with Gasteiger partial charge in [-0.25, -0.2) is 0 Å². The van der Waals surface area contributed by atoms with E-state index in [4.69, 9.17) is 0 Å². The molecule has 1 aromatic heterocycles. The molecular weight excluding hydrogens is 352 g/mol. The summed E-state index contributed by atoms with van der Waals surface area (Å²) in [6, 6.07) is 8.10. The molecule has 2 aromatic rings. The van der Waals surface area contributed by atoms with Gasteiger partial charge in [0, 0.05) is 31.4 Å². The lowest BCUT2D eigenvalue weighted by Gasteiger charge is -2.44. The topological polar surface area (TPSA) is 69.3 Å². The second kappa shape index (κ2) is 7.78. The van der Waals surface area contributed by atoms with Gasteiger partial charge in [-0.2, -0.15) is 5.10 Å². The minimum Gasteiger partial charge on any atom is -0.328 e. The van der Waals surface area contributed by atoms with E-state index in [0.717, 1.165) is 56.3 Å². The Hall–Kier alpha value is -2.63. The standard InChI is InChI=1S/C22H28N4O2/c1-17-7-9-19(10-8-17)25-13-3-11-22(21(25)28)12-4-14-26(22)20(27)6-2-5-18-15-23-24-16-18/h7-10,15-16H,2-6,11-14H2,1H3,(H,23,24). The molecule has 0 aliphatic carbocycles. The molecule has 6 nitrogen and oxygen atoms in total. The number of aromatic amines is 1. The summed E-state index contributed by atoms with van der Waals surface area (Å²) in [5.74, 6) is 0.211. The van der Waals surface area contributed by atoms with E-state index in [2.05, 4.69) is 10.2 Å². The van der Waals surface area contributed by atoms with Crippen LogP contribution in [0.4, 0.5) is 5.69 Å². The van der Waals surface area contributed by atoms with Crippen LogP contribution in [0, 0.1) is 6.92 Å². The summed E-state index contributed by atoms with van der Waals surface area (Å²) in [4.78, 5) is 30.3. The van der Waals surface area contributed by atoms with Gasteiger partial charge in [0.25, 0.3) is 5.91 Å². The maximum Gasteiger partial charge on any atom is 0.252 e. The zero-order valence-corrected chi connectivity index (χ0v) is 16.5. The Labute approximate surface area is 165 Å². The van der Waals surface area contributed by atoms with Crippen LogP contribution in [0.3, 0.4) is 0 Å². The van der Waals surface area contributed by atoms with Crippen LogP contribution in [0.2, 0.25) is 0 Å². The molecule has 4 rings (SSSR count). The highest BCUT2D eigenvalue weighted by atomic mass is 16.2. The van der Waals surface area contributed by atoms with Crippen LogP contribution in [0.5, 0.6) is 0 Å². The first-order valence-corrected chi connectivity index (χ1v) is 10.3. The van der Waals surface area contributed by atoms with Crippen molar-refractivity contribution in [3.05, 3.63) is 47.8 Å².